The number of unbranched alkanes of at least 4 members (excludes halogenated alkanes) is 1. The van der Waals surface area contributed by atoms with Crippen LogP contribution in [0.1, 0.15) is 19.3 Å². The summed E-state index contributed by atoms with van der Waals surface area (Å²) in [5, 5.41) is 0. The molecule has 0 saturated carbocycles. The van der Waals surface area contributed by atoms with Gasteiger partial charge in [0.1, 0.15) is 0 Å². The molecule has 0 N–H and O–H groups in total. The minimum Gasteiger partial charge on any atom is -0.466 e. The molecule has 76 valence electrons. The minimum atomic E-state index is -4.11. The fourth-order valence-electron chi connectivity index (χ4n) is 0.668. The van der Waals surface area contributed by atoms with E-state index in [4.69, 9.17) is 0 Å². The van der Waals surface area contributed by atoms with Gasteiger partial charge in [-0.05, 0) is 12.8 Å². The molecule has 0 spiro atoms. The molecule has 13 heavy (non-hydrogen) atoms. The van der Waals surface area contributed by atoms with Gasteiger partial charge in [-0.3, -0.25) is 0 Å². The third-order valence-corrected chi connectivity index (χ3v) is 1.29. The summed E-state index contributed by atoms with van der Waals surface area (Å²) in [6.45, 7) is 0. The van der Waals surface area contributed by atoms with E-state index in [1.165, 1.54) is 13.2 Å². The molecule has 0 aliphatic heterocycles. The molecule has 0 aliphatic rings. The maximum Gasteiger partial charge on any atom is 0.389 e. The van der Waals surface area contributed by atoms with Gasteiger partial charge >= 0.3 is 12.1 Å². The summed E-state index contributed by atoms with van der Waals surface area (Å²) < 4.78 is 39.0. The van der Waals surface area contributed by atoms with E-state index in [1.807, 2.05) is 0 Å². The zero-order valence-electron chi connectivity index (χ0n) is 7.23. The Hall–Kier alpha value is -1.00. The van der Waals surface area contributed by atoms with Gasteiger partial charge in [-0.25, -0.2) is 4.79 Å². The lowest BCUT2D eigenvalue weighted by atomic mass is 10.2. The van der Waals surface area contributed by atoms with Crippen LogP contribution in [0.15, 0.2) is 12.2 Å². The summed E-state index contributed by atoms with van der Waals surface area (Å²) >= 11 is 0. The second kappa shape index (κ2) is 5.61. The number of alkyl halides is 3. The van der Waals surface area contributed by atoms with E-state index in [2.05, 4.69) is 4.74 Å². The van der Waals surface area contributed by atoms with Gasteiger partial charge in [0.05, 0.1) is 7.11 Å². The highest BCUT2D eigenvalue weighted by Crippen LogP contribution is 2.22. The Labute approximate surface area is 74.4 Å². The molecule has 0 heterocycles. The van der Waals surface area contributed by atoms with Crippen molar-refractivity contribution < 1.29 is 22.7 Å². The van der Waals surface area contributed by atoms with Crippen molar-refractivity contribution in [2.24, 2.45) is 0 Å². The van der Waals surface area contributed by atoms with Crippen LogP contribution in [-0.2, 0) is 9.53 Å². The Kier molecular flexibility index (Phi) is 5.18. The molecule has 0 fully saturated rings. The average molecular weight is 196 g/mol. The maximum absolute atomic E-state index is 11.6. The molecule has 2 nitrogen and oxygen atoms in total. The van der Waals surface area contributed by atoms with Gasteiger partial charge in [0, 0.05) is 12.5 Å². The molecule has 0 bridgehead atoms. The zero-order valence-corrected chi connectivity index (χ0v) is 7.23. The van der Waals surface area contributed by atoms with Gasteiger partial charge in [-0.1, -0.05) is 6.08 Å². The molecule has 0 atom stereocenters. The number of carbonyl (C=O) groups excluding carboxylic acids is 1. The van der Waals surface area contributed by atoms with Crippen molar-refractivity contribution in [1.29, 1.82) is 0 Å². The predicted molar refractivity (Wildman–Crippen MR) is 41.1 cm³/mol. The van der Waals surface area contributed by atoms with E-state index < -0.39 is 18.6 Å². The third-order valence-electron chi connectivity index (χ3n) is 1.29. The number of ether oxygens (including phenoxy) is 1. The second-order valence-electron chi connectivity index (χ2n) is 2.43. The van der Waals surface area contributed by atoms with Gasteiger partial charge in [0.15, 0.2) is 0 Å². The van der Waals surface area contributed by atoms with Crippen molar-refractivity contribution in [3.05, 3.63) is 12.2 Å². The number of rotatable bonds is 4. The summed E-state index contributed by atoms with van der Waals surface area (Å²) in [5.74, 6) is -0.549. The van der Waals surface area contributed by atoms with Gasteiger partial charge in [0.25, 0.3) is 0 Å². The summed E-state index contributed by atoms with van der Waals surface area (Å²) in [7, 11) is 1.21. The number of carbonyl (C=O) groups is 1. The van der Waals surface area contributed by atoms with Crippen LogP contribution >= 0.6 is 0 Å². The van der Waals surface area contributed by atoms with Crippen molar-refractivity contribution in [2.75, 3.05) is 7.11 Å². The van der Waals surface area contributed by atoms with E-state index in [-0.39, 0.29) is 12.8 Å². The average Bonchev–Trinajstić information content (AvgIpc) is 2.01. The molecular formula is C8H11F3O2. The van der Waals surface area contributed by atoms with Crippen molar-refractivity contribution in [2.45, 2.75) is 25.4 Å². The van der Waals surface area contributed by atoms with Gasteiger partial charge in [0.2, 0.25) is 0 Å². The van der Waals surface area contributed by atoms with E-state index in [1.54, 1.807) is 0 Å². The van der Waals surface area contributed by atoms with E-state index >= 15 is 0 Å². The number of hydrogen-bond donors (Lipinski definition) is 0. The second-order valence-corrected chi connectivity index (χ2v) is 2.43. The lowest BCUT2D eigenvalue weighted by Gasteiger charge is -2.02. The number of allylic oxidation sites excluding steroid dienone is 1. The van der Waals surface area contributed by atoms with Crippen LogP contribution in [-0.4, -0.2) is 19.3 Å². The largest absolute Gasteiger partial charge is 0.466 e. The number of esters is 1. The standard InChI is InChI=1S/C8H11F3O2/c1-13-7(12)5-3-2-4-6-8(9,10)11/h3,5H,2,4,6H2,1H3/b5-3+. The summed E-state index contributed by atoms with van der Waals surface area (Å²) in [6, 6.07) is 0. The summed E-state index contributed by atoms with van der Waals surface area (Å²) in [5.41, 5.74) is 0. The first-order valence-electron chi connectivity index (χ1n) is 3.77. The molecule has 5 heteroatoms. The highest BCUT2D eigenvalue weighted by atomic mass is 19.4. The highest BCUT2D eigenvalue weighted by molar-refractivity contribution is 5.81. The first-order valence-corrected chi connectivity index (χ1v) is 3.77. The normalized spacial score (nSPS) is 12.0. The first-order chi connectivity index (χ1) is 5.95. The van der Waals surface area contributed by atoms with Crippen LogP contribution in [0.4, 0.5) is 13.2 Å². The molecule has 0 unspecified atom stereocenters. The Balaban J connectivity index is 3.46. The first kappa shape index (κ1) is 12.0. The Morgan fingerprint density at radius 1 is 1.46 bits per heavy atom. The van der Waals surface area contributed by atoms with Crippen LogP contribution in [0.5, 0.6) is 0 Å². The van der Waals surface area contributed by atoms with Crippen LogP contribution in [0.2, 0.25) is 0 Å². The third kappa shape index (κ3) is 8.91. The van der Waals surface area contributed by atoms with Gasteiger partial charge < -0.3 is 4.74 Å². The zero-order chi connectivity index (χ0) is 10.3. The SMILES string of the molecule is COC(=O)/C=C/CCCC(F)(F)F. The minimum absolute atomic E-state index is 0.00298. The smallest absolute Gasteiger partial charge is 0.389 e. The highest BCUT2D eigenvalue weighted by Gasteiger charge is 2.25. The lowest BCUT2D eigenvalue weighted by Crippen LogP contribution is -2.05. The fraction of sp³-hybridized carbons (Fsp3) is 0.625. The Bertz CT molecular complexity index is 184. The van der Waals surface area contributed by atoms with Crippen LogP contribution < -0.4 is 0 Å². The van der Waals surface area contributed by atoms with Crippen molar-refractivity contribution in [1.82, 2.24) is 0 Å². The molecule has 0 aliphatic carbocycles. The van der Waals surface area contributed by atoms with Crippen molar-refractivity contribution in [3.63, 3.8) is 0 Å². The predicted octanol–water partition coefficient (Wildman–Crippen LogP) is 2.45. The van der Waals surface area contributed by atoms with Crippen LogP contribution in [0.25, 0.3) is 0 Å². The molecular weight excluding hydrogens is 185 g/mol. The van der Waals surface area contributed by atoms with E-state index in [0.717, 1.165) is 6.08 Å². The van der Waals surface area contributed by atoms with E-state index in [9.17, 15) is 18.0 Å². The van der Waals surface area contributed by atoms with E-state index in [0.29, 0.717) is 0 Å². The van der Waals surface area contributed by atoms with Crippen molar-refractivity contribution in [3.8, 4) is 0 Å². The number of methoxy groups -OCH3 is 1. The fourth-order valence-corrected chi connectivity index (χ4v) is 0.668. The molecule has 0 aromatic carbocycles. The monoisotopic (exact) mass is 196 g/mol. The quantitative estimate of drug-likeness (QED) is 0.392. The molecule has 0 amide bonds. The number of halogens is 3. The maximum atomic E-state index is 11.6. The Morgan fingerprint density at radius 2 is 2.08 bits per heavy atom. The molecule has 0 aromatic heterocycles. The molecule has 0 aromatic rings. The summed E-state index contributed by atoms with van der Waals surface area (Å²) in [6.07, 6.45) is -2.21. The molecule has 0 radical (unpaired) electrons. The topological polar surface area (TPSA) is 26.3 Å². The lowest BCUT2D eigenvalue weighted by molar-refractivity contribution is -0.135. The molecule has 0 rings (SSSR count). The van der Waals surface area contributed by atoms with Crippen molar-refractivity contribution >= 4 is 5.97 Å². The summed E-state index contributed by atoms with van der Waals surface area (Å²) in [4.78, 5) is 10.4. The number of hydrogen-bond acceptors (Lipinski definition) is 2. The van der Waals surface area contributed by atoms with Gasteiger partial charge in [-0.2, -0.15) is 13.2 Å². The van der Waals surface area contributed by atoms with Gasteiger partial charge in [-0.15, -0.1) is 0 Å². The van der Waals surface area contributed by atoms with Crippen LogP contribution in [0.3, 0.4) is 0 Å². The molecule has 0 saturated heterocycles. The Morgan fingerprint density at radius 3 is 2.54 bits per heavy atom. The van der Waals surface area contributed by atoms with Crippen LogP contribution in [0, 0.1) is 0 Å².